The van der Waals surface area contributed by atoms with E-state index in [2.05, 4.69) is 14.7 Å². The van der Waals surface area contributed by atoms with Gasteiger partial charge >= 0.3 is 6.18 Å². The molecule has 2 aromatic rings. The van der Waals surface area contributed by atoms with E-state index in [0.717, 1.165) is 18.3 Å². The Morgan fingerprint density at radius 1 is 1.21 bits per heavy atom. The molecule has 158 valence electrons. The molecule has 1 aromatic heterocycles. The number of H-pyrrole nitrogens is 1. The molecule has 0 bridgehead atoms. The second-order valence-corrected chi connectivity index (χ2v) is 8.91. The van der Waals surface area contributed by atoms with Gasteiger partial charge in [-0.15, -0.1) is 0 Å². The minimum atomic E-state index is -4.97. The number of nitrogens with one attached hydrogen (secondary N) is 2. The maximum absolute atomic E-state index is 14.0. The number of hydrogen-bond acceptors (Lipinski definition) is 6. The molecule has 0 unspecified atom stereocenters. The van der Waals surface area contributed by atoms with Crippen LogP contribution in [0.15, 0.2) is 29.3 Å². The van der Waals surface area contributed by atoms with E-state index in [1.165, 1.54) is 6.07 Å². The molecule has 5 N–H and O–H groups in total. The van der Waals surface area contributed by atoms with Gasteiger partial charge in [0.1, 0.15) is 4.64 Å². The van der Waals surface area contributed by atoms with Crippen LogP contribution in [0, 0.1) is 4.64 Å². The van der Waals surface area contributed by atoms with E-state index in [-0.39, 0.29) is 16.2 Å². The summed E-state index contributed by atoms with van der Waals surface area (Å²) in [6.07, 6.45) is -2.97. The van der Waals surface area contributed by atoms with Gasteiger partial charge in [-0.25, -0.2) is 18.1 Å². The predicted molar refractivity (Wildman–Crippen MR) is 103 cm³/mol. The molecule has 0 radical (unpaired) electrons. The molecule has 1 aromatic carbocycles. The predicted octanol–water partition coefficient (Wildman–Crippen LogP) is 2.99. The molecule has 1 aliphatic carbocycles. The van der Waals surface area contributed by atoms with Crippen molar-refractivity contribution in [2.24, 2.45) is 0 Å². The highest BCUT2D eigenvalue weighted by Crippen LogP contribution is 2.41. The molecular formula is C17H19F3N4O3S2. The van der Waals surface area contributed by atoms with E-state index in [1.54, 1.807) is 0 Å². The minimum absolute atomic E-state index is 0.0720. The van der Waals surface area contributed by atoms with E-state index >= 15 is 0 Å². The molecule has 0 spiro atoms. The lowest BCUT2D eigenvalue weighted by molar-refractivity contribution is -0.139. The number of benzene rings is 1. The summed E-state index contributed by atoms with van der Waals surface area (Å²) in [5.74, 6) is -0.0720. The number of alkyl halides is 3. The number of anilines is 1. The van der Waals surface area contributed by atoms with Gasteiger partial charge in [0.25, 0.3) is 0 Å². The van der Waals surface area contributed by atoms with Crippen LogP contribution in [-0.4, -0.2) is 35.6 Å². The number of halogens is 3. The number of nitrogens with zero attached hydrogens (tertiary/aromatic N) is 1. The van der Waals surface area contributed by atoms with Gasteiger partial charge < -0.3 is 15.8 Å². The Balaban J connectivity index is 2.11. The van der Waals surface area contributed by atoms with E-state index in [4.69, 9.17) is 18.0 Å². The summed E-state index contributed by atoms with van der Waals surface area (Å²) >= 11 is 5.05. The lowest BCUT2D eigenvalue weighted by Crippen LogP contribution is -2.39. The Hall–Kier alpha value is -2.02. The summed E-state index contributed by atoms with van der Waals surface area (Å²) in [7, 11) is -4.48. The topological polar surface area (TPSA) is 121 Å². The average molecular weight is 448 g/mol. The fourth-order valence-corrected chi connectivity index (χ4v) is 5.17. The Kier molecular flexibility index (Phi) is 5.99. The Morgan fingerprint density at radius 3 is 2.45 bits per heavy atom. The summed E-state index contributed by atoms with van der Waals surface area (Å²) in [4.78, 5) is 5.31. The Bertz CT molecular complexity index is 1060. The van der Waals surface area contributed by atoms with E-state index in [1.807, 2.05) is 0 Å². The molecule has 1 fully saturated rings. The van der Waals surface area contributed by atoms with Crippen molar-refractivity contribution >= 4 is 28.2 Å². The number of hydrogen-bond donors (Lipinski definition) is 4. The second-order valence-electron chi connectivity index (χ2n) is 6.81. The third-order valence-corrected chi connectivity index (χ3v) is 6.61. The number of nitrogen functional groups attached to an aromatic ring is 1. The van der Waals surface area contributed by atoms with Gasteiger partial charge in [-0.1, -0.05) is 24.4 Å². The summed E-state index contributed by atoms with van der Waals surface area (Å²) < 4.78 is 69.8. The van der Waals surface area contributed by atoms with Crippen molar-refractivity contribution in [1.82, 2.24) is 14.7 Å². The molecule has 12 heteroatoms. The highest BCUT2D eigenvalue weighted by Gasteiger charge is 2.41. The van der Waals surface area contributed by atoms with Crippen LogP contribution in [0.4, 0.5) is 19.1 Å². The monoisotopic (exact) mass is 448 g/mol. The number of rotatable bonds is 4. The van der Waals surface area contributed by atoms with Crippen molar-refractivity contribution in [3.8, 4) is 11.1 Å². The minimum Gasteiger partial charge on any atom is -0.393 e. The number of nitrogens with two attached hydrogens (primary N) is 1. The molecule has 7 nitrogen and oxygen atoms in total. The van der Waals surface area contributed by atoms with E-state index in [9.17, 15) is 26.7 Å². The number of aliphatic hydroxyl groups is 1. The third-order valence-electron chi connectivity index (χ3n) is 4.73. The van der Waals surface area contributed by atoms with Gasteiger partial charge in [-0.2, -0.15) is 13.2 Å². The van der Waals surface area contributed by atoms with Gasteiger partial charge in [-0.05, 0) is 37.3 Å². The molecule has 29 heavy (non-hydrogen) atoms. The van der Waals surface area contributed by atoms with Crippen LogP contribution in [-0.2, 0) is 16.2 Å². The van der Waals surface area contributed by atoms with Crippen LogP contribution >= 0.6 is 12.2 Å². The zero-order valence-electron chi connectivity index (χ0n) is 15.0. The zero-order chi connectivity index (χ0) is 21.4. The summed E-state index contributed by atoms with van der Waals surface area (Å²) in [5, 5.41) is 9.55. The van der Waals surface area contributed by atoms with Crippen molar-refractivity contribution in [1.29, 1.82) is 0 Å². The first-order chi connectivity index (χ1) is 13.5. The van der Waals surface area contributed by atoms with Crippen LogP contribution in [0.2, 0.25) is 0 Å². The zero-order valence-corrected chi connectivity index (χ0v) is 16.7. The van der Waals surface area contributed by atoms with Crippen molar-refractivity contribution < 1.29 is 26.7 Å². The van der Waals surface area contributed by atoms with Gasteiger partial charge in [0.15, 0.2) is 5.95 Å². The summed E-state index contributed by atoms with van der Waals surface area (Å²) in [6.45, 7) is 0. The van der Waals surface area contributed by atoms with Crippen molar-refractivity contribution in [3.63, 3.8) is 0 Å². The largest absolute Gasteiger partial charge is 0.418 e. The first-order valence-corrected chi connectivity index (χ1v) is 10.6. The molecule has 1 aliphatic rings. The lowest BCUT2D eigenvalue weighted by Gasteiger charge is -2.26. The van der Waals surface area contributed by atoms with Gasteiger partial charge in [0, 0.05) is 17.8 Å². The van der Waals surface area contributed by atoms with Crippen molar-refractivity contribution in [2.75, 3.05) is 5.73 Å². The fraction of sp³-hybridized carbons (Fsp3) is 0.412. The smallest absolute Gasteiger partial charge is 0.393 e. The SMILES string of the molecule is Nc1ncc(-c2cccc(S(=O)(=O)NC3CCC(O)CC3)c2C(F)(F)F)c(=S)[nH]1. The molecule has 0 aliphatic heterocycles. The molecule has 1 saturated carbocycles. The van der Waals surface area contributed by atoms with E-state index < -0.39 is 44.4 Å². The molecule has 0 saturated heterocycles. The summed E-state index contributed by atoms with van der Waals surface area (Å²) in [6, 6.07) is 2.71. The number of aromatic amines is 1. The van der Waals surface area contributed by atoms with Crippen LogP contribution in [0.3, 0.4) is 0 Å². The molecular weight excluding hydrogens is 429 g/mol. The average Bonchev–Trinajstić information content (AvgIpc) is 2.62. The highest BCUT2D eigenvalue weighted by molar-refractivity contribution is 7.89. The molecule has 0 atom stereocenters. The van der Waals surface area contributed by atoms with Crippen molar-refractivity contribution in [2.45, 2.75) is 48.9 Å². The highest BCUT2D eigenvalue weighted by atomic mass is 32.2. The molecule has 1 heterocycles. The standard InChI is InChI=1S/C17H19F3N4O3S2/c18-17(19,20)14-11(12-8-22-16(21)23-15(12)28)2-1-3-13(14)29(26,27)24-9-4-6-10(25)7-5-9/h1-3,8-10,24-25H,4-7H2,(H3,21,22,23,28). The van der Waals surface area contributed by atoms with Gasteiger partial charge in [0.2, 0.25) is 10.0 Å². The lowest BCUT2D eigenvalue weighted by atomic mass is 9.94. The number of aliphatic hydroxyl groups excluding tert-OH is 1. The Labute approximate surface area is 170 Å². The maximum Gasteiger partial charge on any atom is 0.418 e. The van der Waals surface area contributed by atoms with Crippen LogP contribution in [0.25, 0.3) is 11.1 Å². The van der Waals surface area contributed by atoms with Crippen LogP contribution in [0.1, 0.15) is 31.2 Å². The summed E-state index contributed by atoms with van der Waals surface area (Å²) in [5.41, 5.74) is 3.65. The quantitative estimate of drug-likeness (QED) is 0.534. The fourth-order valence-electron chi connectivity index (χ4n) is 3.35. The first kappa shape index (κ1) is 21.7. The maximum atomic E-state index is 14.0. The third kappa shape index (κ3) is 4.77. The normalized spacial score (nSPS) is 20.6. The molecule has 3 rings (SSSR count). The van der Waals surface area contributed by atoms with Crippen LogP contribution < -0.4 is 10.5 Å². The van der Waals surface area contributed by atoms with Crippen LogP contribution in [0.5, 0.6) is 0 Å². The Morgan fingerprint density at radius 2 is 1.86 bits per heavy atom. The van der Waals surface area contributed by atoms with E-state index in [0.29, 0.717) is 25.7 Å². The van der Waals surface area contributed by atoms with Crippen molar-refractivity contribution in [3.05, 3.63) is 34.6 Å². The number of aromatic nitrogens is 2. The van der Waals surface area contributed by atoms with Gasteiger partial charge in [-0.3, -0.25) is 0 Å². The first-order valence-electron chi connectivity index (χ1n) is 8.75. The van der Waals surface area contributed by atoms with Gasteiger partial charge in [0.05, 0.1) is 16.6 Å². The molecule has 0 amide bonds. The number of sulfonamides is 1. The second kappa shape index (κ2) is 8.01.